The second-order valence-electron chi connectivity index (χ2n) is 2.91. The molecule has 3 heteroatoms. The number of nitrogens with one attached hydrogen (secondary N) is 1. The molecule has 2 N–H and O–H groups in total. The van der Waals surface area contributed by atoms with Gasteiger partial charge in [0.15, 0.2) is 0 Å². The second kappa shape index (κ2) is 15.4. The summed E-state index contributed by atoms with van der Waals surface area (Å²) in [7, 11) is 0. The molecule has 0 atom stereocenters. The third-order valence-corrected chi connectivity index (χ3v) is 1.88. The molecule has 0 aromatic heterocycles. The lowest BCUT2D eigenvalue weighted by atomic mass is 10.4. The maximum Gasteiger partial charge on any atom is 0.0428 e. The van der Waals surface area contributed by atoms with Crippen molar-refractivity contribution in [1.82, 2.24) is 10.2 Å². The van der Waals surface area contributed by atoms with Crippen molar-refractivity contribution in [2.24, 2.45) is 0 Å². The first-order chi connectivity index (χ1) is 6.85. The van der Waals surface area contributed by atoms with E-state index in [1.807, 2.05) is 20.8 Å². The van der Waals surface area contributed by atoms with Gasteiger partial charge in [0.2, 0.25) is 0 Å². The third kappa shape index (κ3) is 11.9. The van der Waals surface area contributed by atoms with Gasteiger partial charge >= 0.3 is 0 Å². The topological polar surface area (TPSA) is 35.5 Å². The Balaban J connectivity index is 0. The number of aliphatic hydroxyl groups is 1. The number of hydrogen-bond donors (Lipinski definition) is 2. The molecule has 0 unspecified atom stereocenters. The molecule has 1 saturated heterocycles. The zero-order chi connectivity index (χ0) is 11.2. The maximum absolute atomic E-state index is 7.88. The van der Waals surface area contributed by atoms with Gasteiger partial charge in [-0.05, 0) is 13.0 Å². The van der Waals surface area contributed by atoms with Crippen LogP contribution in [-0.2, 0) is 0 Å². The van der Waals surface area contributed by atoms with E-state index in [0.717, 1.165) is 6.42 Å². The van der Waals surface area contributed by atoms with E-state index in [1.54, 1.807) is 0 Å². The first-order valence-electron chi connectivity index (χ1n) is 5.89. The molecule has 88 valence electrons. The van der Waals surface area contributed by atoms with E-state index in [9.17, 15) is 0 Å². The molecule has 0 aliphatic carbocycles. The summed E-state index contributed by atoms with van der Waals surface area (Å²) in [6, 6.07) is 0. The Hall–Kier alpha value is -0.120. The molecular formula is C11H28N2O. The number of aliphatic hydroxyl groups excluding tert-OH is 1. The smallest absolute Gasteiger partial charge is 0.0428 e. The van der Waals surface area contributed by atoms with Crippen molar-refractivity contribution < 1.29 is 5.11 Å². The van der Waals surface area contributed by atoms with E-state index in [4.69, 9.17) is 5.11 Å². The summed E-state index contributed by atoms with van der Waals surface area (Å²) >= 11 is 0. The summed E-state index contributed by atoms with van der Waals surface area (Å²) in [6.07, 6.45) is 0.875. The van der Waals surface area contributed by atoms with Gasteiger partial charge in [0.25, 0.3) is 0 Å². The van der Waals surface area contributed by atoms with Crippen LogP contribution in [0.3, 0.4) is 0 Å². The van der Waals surface area contributed by atoms with E-state index >= 15 is 0 Å². The molecule has 3 nitrogen and oxygen atoms in total. The Morgan fingerprint density at radius 1 is 1.14 bits per heavy atom. The molecular weight excluding hydrogens is 176 g/mol. The molecule has 1 aliphatic rings. The van der Waals surface area contributed by atoms with E-state index in [1.165, 1.54) is 32.7 Å². The predicted octanol–water partition coefficient (Wildman–Crippen LogP) is 1.33. The average molecular weight is 204 g/mol. The highest BCUT2D eigenvalue weighted by atomic mass is 16.2. The molecule has 0 aromatic carbocycles. The predicted molar refractivity (Wildman–Crippen MR) is 63.7 cm³/mol. The summed E-state index contributed by atoms with van der Waals surface area (Å²) < 4.78 is 0. The van der Waals surface area contributed by atoms with E-state index < -0.39 is 0 Å². The van der Waals surface area contributed by atoms with Crippen LogP contribution in [0.5, 0.6) is 0 Å². The standard InChI is InChI=1S/C6H14N2.C3H8O.C2H6/c1-2-8-5-3-7-4-6-8;1-2-3-4;1-2/h7H,2-6H2,1H3;4H,2-3H2,1H3;1-2H3. The molecule has 1 rings (SSSR count). The monoisotopic (exact) mass is 204 g/mol. The van der Waals surface area contributed by atoms with Gasteiger partial charge in [-0.3, -0.25) is 0 Å². The Bertz CT molecular complexity index is 81.4. The van der Waals surface area contributed by atoms with Gasteiger partial charge in [0, 0.05) is 32.8 Å². The fourth-order valence-electron chi connectivity index (χ4n) is 1.03. The number of rotatable bonds is 2. The molecule has 0 spiro atoms. The van der Waals surface area contributed by atoms with Gasteiger partial charge in [-0.2, -0.15) is 0 Å². The van der Waals surface area contributed by atoms with Crippen LogP contribution in [0.1, 0.15) is 34.1 Å². The Morgan fingerprint density at radius 3 is 1.79 bits per heavy atom. The largest absolute Gasteiger partial charge is 0.396 e. The van der Waals surface area contributed by atoms with Gasteiger partial charge in [-0.15, -0.1) is 0 Å². The first kappa shape index (κ1) is 16.3. The zero-order valence-electron chi connectivity index (χ0n) is 10.3. The lowest BCUT2D eigenvalue weighted by Crippen LogP contribution is -2.43. The molecule has 1 fully saturated rings. The molecule has 14 heavy (non-hydrogen) atoms. The van der Waals surface area contributed by atoms with Crippen molar-refractivity contribution in [3.05, 3.63) is 0 Å². The van der Waals surface area contributed by atoms with Crippen LogP contribution in [0, 0.1) is 0 Å². The highest BCUT2D eigenvalue weighted by molar-refractivity contribution is 4.64. The second-order valence-corrected chi connectivity index (χ2v) is 2.91. The van der Waals surface area contributed by atoms with Gasteiger partial charge in [-0.25, -0.2) is 0 Å². The molecule has 0 radical (unpaired) electrons. The molecule has 0 saturated carbocycles. The maximum atomic E-state index is 7.88. The lowest BCUT2D eigenvalue weighted by molar-refractivity contribution is 0.253. The Kier molecular flexibility index (Phi) is 17.9. The molecule has 0 bridgehead atoms. The zero-order valence-corrected chi connectivity index (χ0v) is 10.3. The van der Waals surface area contributed by atoms with Crippen LogP contribution in [0.4, 0.5) is 0 Å². The van der Waals surface area contributed by atoms with Crippen molar-refractivity contribution >= 4 is 0 Å². The normalized spacial score (nSPS) is 16.1. The summed E-state index contributed by atoms with van der Waals surface area (Å²) in [6.45, 7) is 14.5. The Morgan fingerprint density at radius 2 is 1.57 bits per heavy atom. The molecule has 0 aromatic rings. The van der Waals surface area contributed by atoms with E-state index in [2.05, 4.69) is 17.1 Å². The number of likely N-dealkylation sites (N-methyl/N-ethyl adjacent to an activating group) is 1. The quantitative estimate of drug-likeness (QED) is 0.712. The number of nitrogens with zero attached hydrogens (tertiary/aromatic N) is 1. The van der Waals surface area contributed by atoms with Gasteiger partial charge in [0.1, 0.15) is 0 Å². The minimum absolute atomic E-state index is 0.319. The van der Waals surface area contributed by atoms with Crippen LogP contribution >= 0.6 is 0 Å². The van der Waals surface area contributed by atoms with Crippen LogP contribution in [0.2, 0.25) is 0 Å². The van der Waals surface area contributed by atoms with Crippen LogP contribution < -0.4 is 5.32 Å². The summed E-state index contributed by atoms with van der Waals surface area (Å²) in [5.41, 5.74) is 0. The minimum atomic E-state index is 0.319. The minimum Gasteiger partial charge on any atom is -0.396 e. The summed E-state index contributed by atoms with van der Waals surface area (Å²) in [4.78, 5) is 2.45. The van der Waals surface area contributed by atoms with Crippen molar-refractivity contribution in [2.75, 3.05) is 39.3 Å². The van der Waals surface area contributed by atoms with Crippen molar-refractivity contribution in [3.63, 3.8) is 0 Å². The fourth-order valence-corrected chi connectivity index (χ4v) is 1.03. The van der Waals surface area contributed by atoms with Gasteiger partial charge < -0.3 is 15.3 Å². The average Bonchev–Trinajstić information content (AvgIpc) is 2.33. The molecule has 1 heterocycles. The summed E-state index contributed by atoms with van der Waals surface area (Å²) in [5.74, 6) is 0. The van der Waals surface area contributed by atoms with E-state index in [-0.39, 0.29) is 0 Å². The summed E-state index contributed by atoms with van der Waals surface area (Å²) in [5, 5.41) is 11.2. The third-order valence-electron chi connectivity index (χ3n) is 1.88. The van der Waals surface area contributed by atoms with Gasteiger partial charge in [-0.1, -0.05) is 27.7 Å². The van der Waals surface area contributed by atoms with Gasteiger partial charge in [0.05, 0.1) is 0 Å². The Labute approximate surface area is 89.5 Å². The van der Waals surface area contributed by atoms with Crippen molar-refractivity contribution in [1.29, 1.82) is 0 Å². The number of piperazine rings is 1. The SMILES string of the molecule is CC.CCCO.CCN1CCNCC1. The highest BCUT2D eigenvalue weighted by Crippen LogP contribution is 1.88. The highest BCUT2D eigenvalue weighted by Gasteiger charge is 2.04. The molecule has 0 amide bonds. The van der Waals surface area contributed by atoms with Crippen molar-refractivity contribution in [3.8, 4) is 0 Å². The fraction of sp³-hybridized carbons (Fsp3) is 1.00. The van der Waals surface area contributed by atoms with Crippen LogP contribution in [-0.4, -0.2) is 49.3 Å². The van der Waals surface area contributed by atoms with E-state index in [0.29, 0.717) is 6.61 Å². The molecule has 1 aliphatic heterocycles. The van der Waals surface area contributed by atoms with Crippen LogP contribution in [0.25, 0.3) is 0 Å². The van der Waals surface area contributed by atoms with Crippen molar-refractivity contribution in [2.45, 2.75) is 34.1 Å². The number of hydrogen-bond acceptors (Lipinski definition) is 3. The first-order valence-corrected chi connectivity index (χ1v) is 5.89. The van der Waals surface area contributed by atoms with Crippen LogP contribution in [0.15, 0.2) is 0 Å². The lowest BCUT2D eigenvalue weighted by Gasteiger charge is -2.25.